The quantitative estimate of drug-likeness (QED) is 0.477. The van der Waals surface area contributed by atoms with Crippen molar-refractivity contribution in [3.8, 4) is 5.75 Å². The van der Waals surface area contributed by atoms with Crippen LogP contribution in [-0.4, -0.2) is 11.2 Å². The lowest BCUT2D eigenvalue weighted by Gasteiger charge is -2.07. The zero-order valence-electron chi connectivity index (χ0n) is 10.3. The van der Waals surface area contributed by atoms with Crippen molar-refractivity contribution in [3.05, 3.63) is 69.5 Å². The van der Waals surface area contributed by atoms with Gasteiger partial charge in [-0.15, -0.1) is 0 Å². The lowest BCUT2D eigenvalue weighted by atomic mass is 10.2. The molecule has 0 amide bonds. The number of carbonyl (C=O) groups excluding carboxylic acids is 1. The molecule has 2 rings (SSSR count). The van der Waals surface area contributed by atoms with E-state index >= 15 is 0 Å². The minimum absolute atomic E-state index is 0.0601. The highest BCUT2D eigenvalue weighted by atomic mass is 19.1. The predicted molar refractivity (Wildman–Crippen MR) is 69.2 cm³/mol. The Morgan fingerprint density at radius 3 is 2.50 bits per heavy atom. The van der Waals surface area contributed by atoms with E-state index in [1.54, 1.807) is 0 Å². The summed E-state index contributed by atoms with van der Waals surface area (Å²) in [5.74, 6) is -0.306. The summed E-state index contributed by atoms with van der Waals surface area (Å²) >= 11 is 0. The van der Waals surface area contributed by atoms with Crippen LogP contribution in [0.25, 0.3) is 0 Å². The second-order valence-electron chi connectivity index (χ2n) is 4.02. The summed E-state index contributed by atoms with van der Waals surface area (Å²) in [6.07, 6.45) is 0.525. The van der Waals surface area contributed by atoms with E-state index in [0.29, 0.717) is 11.8 Å². The average Bonchev–Trinajstić information content (AvgIpc) is 2.46. The fourth-order valence-electron chi connectivity index (χ4n) is 1.61. The van der Waals surface area contributed by atoms with Crippen LogP contribution in [0.1, 0.15) is 15.9 Å². The molecule has 0 aliphatic carbocycles. The zero-order valence-corrected chi connectivity index (χ0v) is 10.3. The molecular formula is C14H10FNO4. The highest BCUT2D eigenvalue weighted by molar-refractivity contribution is 5.77. The zero-order chi connectivity index (χ0) is 14.5. The largest absolute Gasteiger partial charge is 0.482 e. The van der Waals surface area contributed by atoms with Gasteiger partial charge in [0, 0.05) is 11.6 Å². The Bertz CT molecular complexity index is 640. The summed E-state index contributed by atoms with van der Waals surface area (Å²) < 4.78 is 18.1. The molecule has 2 aromatic rings. The van der Waals surface area contributed by atoms with Crippen LogP contribution in [0.2, 0.25) is 0 Å². The number of aldehydes is 1. The second kappa shape index (κ2) is 5.92. The fourth-order valence-corrected chi connectivity index (χ4v) is 1.61. The molecule has 0 aliphatic rings. The van der Waals surface area contributed by atoms with Gasteiger partial charge in [0.2, 0.25) is 0 Å². The summed E-state index contributed by atoms with van der Waals surface area (Å²) in [6, 6.07) is 9.56. The summed E-state index contributed by atoms with van der Waals surface area (Å²) in [5.41, 5.74) is 0.600. The third kappa shape index (κ3) is 3.17. The molecular weight excluding hydrogens is 265 g/mol. The summed E-state index contributed by atoms with van der Waals surface area (Å²) in [6.45, 7) is 0.0710. The molecule has 0 spiro atoms. The minimum atomic E-state index is -0.618. The van der Waals surface area contributed by atoms with Gasteiger partial charge < -0.3 is 4.74 Å². The molecule has 102 valence electrons. The normalized spacial score (nSPS) is 10.1. The molecule has 0 unspecified atom stereocenters. The molecule has 0 aromatic heterocycles. The van der Waals surface area contributed by atoms with Crippen LogP contribution in [-0.2, 0) is 6.61 Å². The highest BCUT2D eigenvalue weighted by Crippen LogP contribution is 2.28. The Kier molecular flexibility index (Phi) is 4.05. The third-order valence-corrected chi connectivity index (χ3v) is 2.62. The van der Waals surface area contributed by atoms with Crippen molar-refractivity contribution >= 4 is 12.0 Å². The van der Waals surface area contributed by atoms with Crippen molar-refractivity contribution in [1.29, 1.82) is 0 Å². The van der Waals surface area contributed by atoms with Crippen molar-refractivity contribution < 1.29 is 18.8 Å². The average molecular weight is 275 g/mol. The van der Waals surface area contributed by atoms with E-state index in [2.05, 4.69) is 0 Å². The lowest BCUT2D eigenvalue weighted by Crippen LogP contribution is -2.00. The van der Waals surface area contributed by atoms with E-state index in [1.165, 1.54) is 36.4 Å². The van der Waals surface area contributed by atoms with Crippen molar-refractivity contribution in [3.63, 3.8) is 0 Å². The van der Waals surface area contributed by atoms with Gasteiger partial charge in [0.15, 0.2) is 5.75 Å². The van der Waals surface area contributed by atoms with Crippen LogP contribution in [0.5, 0.6) is 5.75 Å². The van der Waals surface area contributed by atoms with Crippen LogP contribution in [0.15, 0.2) is 42.5 Å². The number of ether oxygens (including phenoxy) is 1. The Balaban J connectivity index is 2.18. The number of rotatable bonds is 5. The Morgan fingerprint density at radius 1 is 1.20 bits per heavy atom. The van der Waals surface area contributed by atoms with Crippen LogP contribution >= 0.6 is 0 Å². The molecule has 5 nitrogen and oxygen atoms in total. The third-order valence-electron chi connectivity index (χ3n) is 2.62. The number of carbonyl (C=O) groups is 1. The van der Waals surface area contributed by atoms with E-state index in [0.717, 1.165) is 6.07 Å². The van der Waals surface area contributed by atoms with Crippen LogP contribution in [0.4, 0.5) is 10.1 Å². The minimum Gasteiger partial charge on any atom is -0.482 e. The van der Waals surface area contributed by atoms with Crippen LogP contribution < -0.4 is 4.74 Å². The van der Waals surface area contributed by atoms with Gasteiger partial charge in [-0.2, -0.15) is 0 Å². The number of halogens is 1. The van der Waals surface area contributed by atoms with Crippen molar-refractivity contribution in [2.45, 2.75) is 6.61 Å². The van der Waals surface area contributed by atoms with E-state index in [1.807, 2.05) is 0 Å². The molecule has 0 radical (unpaired) electrons. The molecule has 0 fully saturated rings. The first-order valence-electron chi connectivity index (χ1n) is 5.71. The highest BCUT2D eigenvalue weighted by Gasteiger charge is 2.16. The van der Waals surface area contributed by atoms with E-state index < -0.39 is 4.92 Å². The molecule has 0 bridgehead atoms. The standard InChI is InChI=1S/C14H10FNO4/c15-12-4-1-10(2-5-12)9-20-14-6-3-11(8-17)7-13(14)16(18)19/h1-8H,9H2. The molecule has 0 N–H and O–H groups in total. The monoisotopic (exact) mass is 275 g/mol. The van der Waals surface area contributed by atoms with Crippen molar-refractivity contribution in [2.75, 3.05) is 0 Å². The molecule has 20 heavy (non-hydrogen) atoms. The number of nitro groups is 1. The van der Waals surface area contributed by atoms with Crippen molar-refractivity contribution in [2.24, 2.45) is 0 Å². The maximum Gasteiger partial charge on any atom is 0.311 e. The summed E-state index contributed by atoms with van der Waals surface area (Å²) in [4.78, 5) is 20.9. The Morgan fingerprint density at radius 2 is 1.90 bits per heavy atom. The second-order valence-corrected chi connectivity index (χ2v) is 4.02. The van der Waals surface area contributed by atoms with Gasteiger partial charge in [0.1, 0.15) is 18.7 Å². The molecule has 0 heterocycles. The lowest BCUT2D eigenvalue weighted by molar-refractivity contribution is -0.386. The van der Waals surface area contributed by atoms with Gasteiger partial charge in [-0.05, 0) is 29.8 Å². The number of hydrogen-bond acceptors (Lipinski definition) is 4. The maximum absolute atomic E-state index is 12.7. The van der Waals surface area contributed by atoms with E-state index in [9.17, 15) is 19.3 Å². The van der Waals surface area contributed by atoms with Gasteiger partial charge in [-0.3, -0.25) is 14.9 Å². The molecule has 0 saturated heterocycles. The number of nitro benzene ring substituents is 1. The maximum atomic E-state index is 12.7. The molecule has 0 saturated carbocycles. The SMILES string of the molecule is O=Cc1ccc(OCc2ccc(F)cc2)c([N+](=O)[O-])c1. The smallest absolute Gasteiger partial charge is 0.311 e. The summed E-state index contributed by atoms with van der Waals surface area (Å²) in [7, 11) is 0. The van der Waals surface area contributed by atoms with Gasteiger partial charge >= 0.3 is 5.69 Å². The first-order valence-corrected chi connectivity index (χ1v) is 5.71. The molecule has 0 aliphatic heterocycles. The topological polar surface area (TPSA) is 69.4 Å². The summed E-state index contributed by atoms with van der Waals surface area (Å²) in [5, 5.41) is 10.9. The van der Waals surface area contributed by atoms with Gasteiger partial charge in [-0.25, -0.2) is 4.39 Å². The van der Waals surface area contributed by atoms with Crippen molar-refractivity contribution in [1.82, 2.24) is 0 Å². The van der Waals surface area contributed by atoms with Crippen LogP contribution in [0.3, 0.4) is 0 Å². The van der Waals surface area contributed by atoms with Gasteiger partial charge in [0.25, 0.3) is 0 Å². The van der Waals surface area contributed by atoms with E-state index in [4.69, 9.17) is 4.74 Å². The Labute approximate surface area is 113 Å². The first kappa shape index (κ1) is 13.7. The van der Waals surface area contributed by atoms with Gasteiger partial charge in [-0.1, -0.05) is 12.1 Å². The van der Waals surface area contributed by atoms with Crippen LogP contribution in [0, 0.1) is 15.9 Å². The number of hydrogen-bond donors (Lipinski definition) is 0. The Hall–Kier alpha value is -2.76. The molecule has 6 heteroatoms. The molecule has 0 atom stereocenters. The fraction of sp³-hybridized carbons (Fsp3) is 0.0714. The number of nitrogens with zero attached hydrogens (tertiary/aromatic N) is 1. The predicted octanol–water partition coefficient (Wildman–Crippen LogP) is 3.13. The molecule has 2 aromatic carbocycles. The first-order chi connectivity index (χ1) is 9.60. The number of benzene rings is 2. The van der Waals surface area contributed by atoms with Gasteiger partial charge in [0.05, 0.1) is 4.92 Å². The van der Waals surface area contributed by atoms with E-state index in [-0.39, 0.29) is 29.4 Å².